The van der Waals surface area contributed by atoms with Crippen LogP contribution in [0.1, 0.15) is 52.0 Å². The maximum atomic E-state index is 9.91. The predicted molar refractivity (Wildman–Crippen MR) is 75.8 cm³/mol. The van der Waals surface area contributed by atoms with Crippen molar-refractivity contribution in [2.24, 2.45) is 0 Å². The highest BCUT2D eigenvalue weighted by Crippen LogP contribution is 2.44. The minimum atomic E-state index is -0.344. The summed E-state index contributed by atoms with van der Waals surface area (Å²) in [5, 5.41) is 9.91. The molecule has 0 spiro atoms. The normalized spacial score (nSPS) is 24.7. The molecule has 1 heterocycles. The second-order valence-electron chi connectivity index (χ2n) is 6.68. The third-order valence-electron chi connectivity index (χ3n) is 4.59. The molecule has 3 rings (SSSR count). The number of hydrogen-bond acceptors (Lipinski definition) is 3. The van der Waals surface area contributed by atoms with Gasteiger partial charge in [0.2, 0.25) is 0 Å². The SMILES string of the molecule is CC1(C)OB(c2ccc(O)c(C3CC3)c2)OC1(C)C. The fourth-order valence-electron chi connectivity index (χ4n) is 2.42. The number of phenolic OH excluding ortho intramolecular Hbond substituents is 1. The van der Waals surface area contributed by atoms with Crippen LogP contribution in [0.3, 0.4) is 0 Å². The van der Waals surface area contributed by atoms with Crippen molar-refractivity contribution in [1.29, 1.82) is 0 Å². The van der Waals surface area contributed by atoms with Crippen LogP contribution in [0.15, 0.2) is 18.2 Å². The van der Waals surface area contributed by atoms with Crippen LogP contribution in [0, 0.1) is 0 Å². The average Bonchev–Trinajstić information content (AvgIpc) is 3.08. The van der Waals surface area contributed by atoms with E-state index in [1.54, 1.807) is 6.07 Å². The van der Waals surface area contributed by atoms with Crippen LogP contribution in [-0.4, -0.2) is 23.4 Å². The van der Waals surface area contributed by atoms with Crippen molar-refractivity contribution in [2.45, 2.75) is 57.7 Å². The Morgan fingerprint density at radius 2 is 1.68 bits per heavy atom. The highest BCUT2D eigenvalue weighted by atomic mass is 16.7. The zero-order valence-corrected chi connectivity index (χ0v) is 12.1. The molecule has 0 atom stereocenters. The Kier molecular flexibility index (Phi) is 2.74. The Hall–Kier alpha value is -0.995. The molecule has 4 heteroatoms. The Bertz CT molecular complexity index is 490. The number of benzene rings is 1. The first-order valence-corrected chi connectivity index (χ1v) is 6.99. The highest BCUT2D eigenvalue weighted by Gasteiger charge is 2.51. The second-order valence-corrected chi connectivity index (χ2v) is 6.68. The van der Waals surface area contributed by atoms with Gasteiger partial charge in [0.05, 0.1) is 11.2 Å². The van der Waals surface area contributed by atoms with E-state index in [9.17, 15) is 5.11 Å². The van der Waals surface area contributed by atoms with Crippen molar-refractivity contribution < 1.29 is 14.4 Å². The van der Waals surface area contributed by atoms with E-state index >= 15 is 0 Å². The predicted octanol–water partition coefficient (Wildman–Crippen LogP) is 2.57. The van der Waals surface area contributed by atoms with Crippen molar-refractivity contribution in [3.8, 4) is 5.75 Å². The lowest BCUT2D eigenvalue weighted by atomic mass is 9.78. The summed E-state index contributed by atoms with van der Waals surface area (Å²) < 4.78 is 12.1. The Morgan fingerprint density at radius 3 is 2.21 bits per heavy atom. The number of hydrogen-bond donors (Lipinski definition) is 1. The lowest BCUT2D eigenvalue weighted by molar-refractivity contribution is 0.00578. The average molecular weight is 260 g/mol. The summed E-state index contributed by atoms with van der Waals surface area (Å²) in [6.07, 6.45) is 2.33. The van der Waals surface area contributed by atoms with Gasteiger partial charge in [-0.1, -0.05) is 12.1 Å². The highest BCUT2D eigenvalue weighted by molar-refractivity contribution is 6.62. The quantitative estimate of drug-likeness (QED) is 0.830. The van der Waals surface area contributed by atoms with Crippen molar-refractivity contribution >= 4 is 12.6 Å². The van der Waals surface area contributed by atoms with Gasteiger partial charge in [-0.25, -0.2) is 0 Å². The van der Waals surface area contributed by atoms with E-state index in [2.05, 4.69) is 27.7 Å². The van der Waals surface area contributed by atoms with Crippen molar-refractivity contribution in [1.82, 2.24) is 0 Å². The van der Waals surface area contributed by atoms with E-state index in [1.165, 1.54) is 12.8 Å². The monoisotopic (exact) mass is 260 g/mol. The molecule has 2 aliphatic rings. The van der Waals surface area contributed by atoms with Gasteiger partial charge in [0.1, 0.15) is 5.75 Å². The summed E-state index contributed by atoms with van der Waals surface area (Å²) in [6.45, 7) is 8.20. The van der Waals surface area contributed by atoms with Gasteiger partial charge in [0.25, 0.3) is 0 Å². The third-order valence-corrected chi connectivity index (χ3v) is 4.59. The van der Waals surface area contributed by atoms with Crippen molar-refractivity contribution in [3.05, 3.63) is 23.8 Å². The molecule has 1 saturated carbocycles. The standard InChI is InChI=1S/C15H21BO3/c1-14(2)15(3,4)19-16(18-14)11-7-8-13(17)12(9-11)10-5-6-10/h7-10,17H,5-6H2,1-4H3. The largest absolute Gasteiger partial charge is 0.508 e. The summed E-state index contributed by atoms with van der Waals surface area (Å²) in [7, 11) is -0.344. The minimum Gasteiger partial charge on any atom is -0.508 e. The van der Waals surface area contributed by atoms with Gasteiger partial charge in [-0.05, 0) is 63.5 Å². The molecule has 0 radical (unpaired) electrons. The zero-order chi connectivity index (χ0) is 13.8. The zero-order valence-electron chi connectivity index (χ0n) is 12.1. The number of aromatic hydroxyl groups is 1. The summed E-state index contributed by atoms with van der Waals surface area (Å²) in [4.78, 5) is 0. The van der Waals surface area contributed by atoms with E-state index < -0.39 is 0 Å². The molecule has 2 fully saturated rings. The van der Waals surface area contributed by atoms with Gasteiger partial charge in [-0.15, -0.1) is 0 Å². The van der Waals surface area contributed by atoms with E-state index in [0.29, 0.717) is 11.7 Å². The fourth-order valence-corrected chi connectivity index (χ4v) is 2.42. The molecular weight excluding hydrogens is 239 g/mol. The van der Waals surface area contributed by atoms with Crippen molar-refractivity contribution in [2.75, 3.05) is 0 Å². The molecule has 102 valence electrons. The third kappa shape index (κ3) is 2.17. The summed E-state index contributed by atoms with van der Waals surface area (Å²) in [6, 6.07) is 5.69. The van der Waals surface area contributed by atoms with Gasteiger partial charge in [0.15, 0.2) is 0 Å². The molecule has 1 aliphatic carbocycles. The Labute approximate surface area is 115 Å². The second kappa shape index (κ2) is 4.00. The van der Waals surface area contributed by atoms with Crippen LogP contribution in [0.4, 0.5) is 0 Å². The maximum absolute atomic E-state index is 9.91. The Morgan fingerprint density at radius 1 is 1.11 bits per heavy atom. The van der Waals surface area contributed by atoms with Crippen LogP contribution < -0.4 is 5.46 Å². The van der Waals surface area contributed by atoms with E-state index in [0.717, 1.165) is 11.0 Å². The number of phenols is 1. The molecule has 1 saturated heterocycles. The Balaban J connectivity index is 1.90. The topological polar surface area (TPSA) is 38.7 Å². The van der Waals surface area contributed by atoms with Crippen LogP contribution in [0.5, 0.6) is 5.75 Å². The smallest absolute Gasteiger partial charge is 0.494 e. The van der Waals surface area contributed by atoms with Gasteiger partial charge >= 0.3 is 7.12 Å². The van der Waals surface area contributed by atoms with Gasteiger partial charge in [0, 0.05) is 0 Å². The van der Waals surface area contributed by atoms with Crippen LogP contribution in [-0.2, 0) is 9.31 Å². The fraction of sp³-hybridized carbons (Fsp3) is 0.600. The molecule has 3 nitrogen and oxygen atoms in total. The molecule has 19 heavy (non-hydrogen) atoms. The maximum Gasteiger partial charge on any atom is 0.494 e. The molecular formula is C15H21BO3. The lowest BCUT2D eigenvalue weighted by Gasteiger charge is -2.32. The van der Waals surface area contributed by atoms with Gasteiger partial charge in [-0.3, -0.25) is 0 Å². The van der Waals surface area contributed by atoms with Gasteiger partial charge in [-0.2, -0.15) is 0 Å². The first-order valence-electron chi connectivity index (χ1n) is 6.99. The first-order chi connectivity index (χ1) is 8.80. The lowest BCUT2D eigenvalue weighted by Crippen LogP contribution is -2.41. The van der Waals surface area contributed by atoms with E-state index in [4.69, 9.17) is 9.31 Å². The molecule has 0 aromatic heterocycles. The molecule has 1 aromatic rings. The molecule has 0 unspecified atom stereocenters. The van der Waals surface area contributed by atoms with Gasteiger partial charge < -0.3 is 14.4 Å². The minimum absolute atomic E-state index is 0.324. The summed E-state index contributed by atoms with van der Waals surface area (Å²) in [5.41, 5.74) is 1.38. The molecule has 0 bridgehead atoms. The van der Waals surface area contributed by atoms with E-state index in [1.807, 2.05) is 12.1 Å². The van der Waals surface area contributed by atoms with E-state index in [-0.39, 0.29) is 18.3 Å². The molecule has 1 aliphatic heterocycles. The van der Waals surface area contributed by atoms with Crippen LogP contribution in [0.25, 0.3) is 0 Å². The molecule has 0 amide bonds. The van der Waals surface area contributed by atoms with Crippen molar-refractivity contribution in [3.63, 3.8) is 0 Å². The summed E-state index contributed by atoms with van der Waals surface area (Å²) in [5.74, 6) is 0.908. The van der Waals surface area contributed by atoms with Crippen LogP contribution in [0.2, 0.25) is 0 Å². The molecule has 1 aromatic carbocycles. The molecule has 1 N–H and O–H groups in total. The first kappa shape index (κ1) is 13.0. The summed E-state index contributed by atoms with van der Waals surface area (Å²) >= 11 is 0. The number of rotatable bonds is 2. The van der Waals surface area contributed by atoms with Crippen LogP contribution >= 0.6 is 0 Å².